The number of methoxy groups -OCH3 is 1. The fraction of sp³-hybridized carbons (Fsp3) is 0.857. The maximum atomic E-state index is 11.3. The highest BCUT2D eigenvalue weighted by molar-refractivity contribution is 8.00. The molecule has 10 heavy (non-hydrogen) atoms. The number of hydrogen-bond acceptors (Lipinski definition) is 2. The lowest BCUT2D eigenvalue weighted by atomic mass is 10.2. The Morgan fingerprint density at radius 1 is 1.50 bits per heavy atom. The van der Waals surface area contributed by atoms with E-state index in [1.807, 2.05) is 0 Å². The van der Waals surface area contributed by atoms with Gasteiger partial charge in [0, 0.05) is 18.6 Å². The van der Waals surface area contributed by atoms with Crippen LogP contribution in [0.25, 0.3) is 0 Å². The van der Waals surface area contributed by atoms with Crippen LogP contribution < -0.4 is 0 Å². The Bertz CT molecular complexity index is 180. The van der Waals surface area contributed by atoms with Crippen molar-refractivity contribution in [2.45, 2.75) is 18.9 Å². The summed E-state index contributed by atoms with van der Waals surface area (Å²) in [6, 6.07) is 0. The molecule has 0 aromatic rings. The minimum Gasteiger partial charge on any atom is -0.381 e. The molecule has 0 aromatic heterocycles. The van der Waals surface area contributed by atoms with Crippen LogP contribution in [0.3, 0.4) is 0 Å². The van der Waals surface area contributed by atoms with E-state index in [0.717, 1.165) is 24.3 Å². The average molecular weight is 162 g/mol. The summed E-state index contributed by atoms with van der Waals surface area (Å²) in [7, 11) is 0.00345. The summed E-state index contributed by atoms with van der Waals surface area (Å²) >= 11 is 0. The van der Waals surface area contributed by atoms with Crippen molar-refractivity contribution in [2.75, 3.05) is 18.6 Å². The summed E-state index contributed by atoms with van der Waals surface area (Å²) < 4.78 is 16.4. The SMILES string of the molecule is C=S1(=O)CCC(OC)CC1. The molecule has 0 spiro atoms. The van der Waals surface area contributed by atoms with Crippen LogP contribution in [0.2, 0.25) is 0 Å². The molecule has 0 N–H and O–H groups in total. The lowest BCUT2D eigenvalue weighted by Crippen LogP contribution is -2.27. The standard InChI is InChI=1S/C7H14O2S/c1-9-7-3-5-10(2,8)6-4-7/h7H,2-6H2,1H3. The second kappa shape index (κ2) is 2.93. The molecule has 1 saturated heterocycles. The molecule has 0 radical (unpaired) electrons. The monoisotopic (exact) mass is 162 g/mol. The van der Waals surface area contributed by atoms with Crippen LogP contribution in [0.4, 0.5) is 0 Å². The maximum Gasteiger partial charge on any atom is 0.0588 e. The molecule has 0 atom stereocenters. The molecule has 0 amide bonds. The average Bonchev–Trinajstić information content (AvgIpc) is 1.88. The van der Waals surface area contributed by atoms with Crippen LogP contribution in [0.5, 0.6) is 0 Å². The smallest absolute Gasteiger partial charge is 0.0588 e. The Hall–Kier alpha value is -0.0200. The van der Waals surface area contributed by atoms with Crippen molar-refractivity contribution in [3.63, 3.8) is 0 Å². The molecule has 1 heterocycles. The Balaban J connectivity index is 2.46. The highest BCUT2D eigenvalue weighted by Crippen LogP contribution is 2.13. The van der Waals surface area contributed by atoms with Gasteiger partial charge in [-0.1, -0.05) is 0 Å². The number of rotatable bonds is 1. The van der Waals surface area contributed by atoms with Gasteiger partial charge in [-0.2, -0.15) is 0 Å². The van der Waals surface area contributed by atoms with Crippen molar-refractivity contribution >= 4 is 15.4 Å². The molecule has 1 aliphatic rings. The third kappa shape index (κ3) is 1.99. The molecule has 0 aliphatic carbocycles. The van der Waals surface area contributed by atoms with Crippen molar-refractivity contribution in [3.05, 3.63) is 0 Å². The van der Waals surface area contributed by atoms with E-state index in [0.29, 0.717) is 6.10 Å². The predicted octanol–water partition coefficient (Wildman–Crippen LogP) is 0.512. The quantitative estimate of drug-likeness (QED) is 0.525. The van der Waals surface area contributed by atoms with E-state index in [2.05, 4.69) is 5.87 Å². The third-order valence-electron chi connectivity index (χ3n) is 1.96. The normalized spacial score (nSPS) is 41.5. The third-order valence-corrected chi connectivity index (χ3v) is 3.92. The molecule has 0 saturated carbocycles. The van der Waals surface area contributed by atoms with Crippen molar-refractivity contribution in [1.82, 2.24) is 0 Å². The van der Waals surface area contributed by atoms with Crippen molar-refractivity contribution in [2.24, 2.45) is 0 Å². The van der Waals surface area contributed by atoms with Gasteiger partial charge in [-0.25, -0.2) is 0 Å². The van der Waals surface area contributed by atoms with Gasteiger partial charge < -0.3 is 4.74 Å². The van der Waals surface area contributed by atoms with E-state index in [1.165, 1.54) is 0 Å². The van der Waals surface area contributed by atoms with E-state index < -0.39 is 9.52 Å². The Morgan fingerprint density at radius 3 is 2.40 bits per heavy atom. The second-order valence-corrected chi connectivity index (χ2v) is 5.56. The summed E-state index contributed by atoms with van der Waals surface area (Å²) in [6.07, 6.45) is 2.16. The molecule has 0 bridgehead atoms. The molecular weight excluding hydrogens is 148 g/mol. The van der Waals surface area contributed by atoms with Gasteiger partial charge in [0.15, 0.2) is 0 Å². The Labute approximate surface area is 62.6 Å². The lowest BCUT2D eigenvalue weighted by Gasteiger charge is -2.22. The van der Waals surface area contributed by atoms with Crippen molar-refractivity contribution in [3.8, 4) is 0 Å². The maximum absolute atomic E-state index is 11.3. The van der Waals surface area contributed by atoms with E-state index in [1.54, 1.807) is 7.11 Å². The first kappa shape index (κ1) is 8.08. The van der Waals surface area contributed by atoms with E-state index in [-0.39, 0.29) is 0 Å². The Kier molecular flexibility index (Phi) is 2.36. The van der Waals surface area contributed by atoms with Gasteiger partial charge in [-0.05, 0) is 28.2 Å². The van der Waals surface area contributed by atoms with Gasteiger partial charge in [0.25, 0.3) is 0 Å². The minimum absolute atomic E-state index is 0.330. The van der Waals surface area contributed by atoms with Crippen LogP contribution >= 0.6 is 0 Å². The van der Waals surface area contributed by atoms with Gasteiger partial charge in [0.05, 0.1) is 6.10 Å². The first-order valence-electron chi connectivity index (χ1n) is 3.49. The van der Waals surface area contributed by atoms with Crippen molar-refractivity contribution in [1.29, 1.82) is 0 Å². The van der Waals surface area contributed by atoms with Crippen LogP contribution in [-0.4, -0.2) is 34.8 Å². The fourth-order valence-corrected chi connectivity index (χ4v) is 2.76. The highest BCUT2D eigenvalue weighted by Gasteiger charge is 2.18. The summed E-state index contributed by atoms with van der Waals surface area (Å²) in [5.74, 6) is 5.15. The summed E-state index contributed by atoms with van der Waals surface area (Å²) in [5.41, 5.74) is 0. The predicted molar refractivity (Wildman–Crippen MR) is 45.0 cm³/mol. The molecule has 2 nitrogen and oxygen atoms in total. The summed E-state index contributed by atoms with van der Waals surface area (Å²) in [5, 5.41) is 0. The minimum atomic E-state index is -1.71. The molecule has 1 aliphatic heterocycles. The van der Waals surface area contributed by atoms with Gasteiger partial charge in [0.2, 0.25) is 0 Å². The summed E-state index contributed by atoms with van der Waals surface area (Å²) in [4.78, 5) is 0. The van der Waals surface area contributed by atoms with E-state index in [4.69, 9.17) is 4.74 Å². The van der Waals surface area contributed by atoms with E-state index >= 15 is 0 Å². The molecule has 1 rings (SSSR count). The molecule has 60 valence electrons. The van der Waals surface area contributed by atoms with Crippen molar-refractivity contribution < 1.29 is 8.95 Å². The van der Waals surface area contributed by atoms with Gasteiger partial charge >= 0.3 is 0 Å². The fourth-order valence-electron chi connectivity index (χ4n) is 1.17. The lowest BCUT2D eigenvalue weighted by molar-refractivity contribution is 0.0952. The van der Waals surface area contributed by atoms with Crippen LogP contribution in [-0.2, 0) is 14.3 Å². The van der Waals surface area contributed by atoms with Crippen LogP contribution in [0, 0.1) is 0 Å². The molecule has 0 aromatic carbocycles. The zero-order chi connectivity index (χ0) is 7.61. The van der Waals surface area contributed by atoms with Crippen LogP contribution in [0.15, 0.2) is 0 Å². The molecule has 1 fully saturated rings. The van der Waals surface area contributed by atoms with Gasteiger partial charge in [-0.15, -0.1) is 0 Å². The second-order valence-electron chi connectivity index (χ2n) is 2.81. The summed E-state index contributed by atoms with van der Waals surface area (Å²) in [6.45, 7) is 0. The number of ether oxygens (including phenoxy) is 1. The molecular formula is C7H14O2S. The molecule has 3 heteroatoms. The topological polar surface area (TPSA) is 26.3 Å². The zero-order valence-electron chi connectivity index (χ0n) is 6.34. The first-order valence-corrected chi connectivity index (χ1v) is 5.56. The van der Waals surface area contributed by atoms with Gasteiger partial charge in [-0.3, -0.25) is 4.21 Å². The van der Waals surface area contributed by atoms with E-state index in [9.17, 15) is 4.21 Å². The highest BCUT2D eigenvalue weighted by atomic mass is 32.2. The zero-order valence-corrected chi connectivity index (χ0v) is 7.15. The molecule has 0 unspecified atom stereocenters. The largest absolute Gasteiger partial charge is 0.381 e. The first-order chi connectivity index (χ1) is 4.64. The van der Waals surface area contributed by atoms with Gasteiger partial charge in [0.1, 0.15) is 0 Å². The van der Waals surface area contributed by atoms with Crippen LogP contribution in [0.1, 0.15) is 12.8 Å². The number of hydrogen-bond donors (Lipinski definition) is 0. The Morgan fingerprint density at radius 2 is 2.00 bits per heavy atom.